The summed E-state index contributed by atoms with van der Waals surface area (Å²) in [5, 5.41) is 2.87. The molecule has 6 nitrogen and oxygen atoms in total. The molecule has 0 radical (unpaired) electrons. The van der Waals surface area contributed by atoms with Crippen molar-refractivity contribution in [2.24, 2.45) is 0 Å². The lowest BCUT2D eigenvalue weighted by Crippen LogP contribution is -2.35. The van der Waals surface area contributed by atoms with Crippen LogP contribution in [0.3, 0.4) is 0 Å². The van der Waals surface area contributed by atoms with Crippen molar-refractivity contribution in [3.63, 3.8) is 0 Å². The first-order valence-corrected chi connectivity index (χ1v) is 7.26. The van der Waals surface area contributed by atoms with Gasteiger partial charge in [0.15, 0.2) is 5.82 Å². The lowest BCUT2D eigenvalue weighted by Gasteiger charge is -2.20. The van der Waals surface area contributed by atoms with Gasteiger partial charge in [-0.15, -0.1) is 0 Å². The van der Waals surface area contributed by atoms with Gasteiger partial charge in [-0.25, -0.2) is 4.98 Å². The minimum absolute atomic E-state index is 0.235. The molecule has 0 aliphatic rings. The molecule has 27 heavy (non-hydrogen) atoms. The summed E-state index contributed by atoms with van der Waals surface area (Å²) < 4.78 is 115. The molecule has 0 aromatic carbocycles. The Bertz CT molecular complexity index is 950. The van der Waals surface area contributed by atoms with Crippen molar-refractivity contribution in [3.05, 3.63) is 23.3 Å². The summed E-state index contributed by atoms with van der Waals surface area (Å²) in [6.07, 6.45) is -10.5. The summed E-state index contributed by atoms with van der Waals surface area (Å²) in [5.41, 5.74) is -0.327. The zero-order valence-electron chi connectivity index (χ0n) is 18.2. The van der Waals surface area contributed by atoms with Crippen molar-refractivity contribution in [1.82, 2.24) is 19.9 Å². The molecule has 2 atom stereocenters. The van der Waals surface area contributed by atoms with Gasteiger partial charge in [-0.3, -0.25) is 0 Å². The Morgan fingerprint density at radius 2 is 1.67 bits per heavy atom. The minimum Gasteiger partial charge on any atom is -0.343 e. The molecule has 2 aromatic rings. The zero-order chi connectivity index (χ0) is 24.7. The molecule has 0 bridgehead atoms. The highest BCUT2D eigenvalue weighted by molar-refractivity contribution is 6.29. The van der Waals surface area contributed by atoms with Crippen molar-refractivity contribution >= 4 is 23.5 Å². The second-order valence-corrected chi connectivity index (χ2v) is 5.34. The Balaban J connectivity index is 2.63. The normalized spacial score (nSPS) is 18.9. The summed E-state index contributed by atoms with van der Waals surface area (Å²) in [4.78, 5) is 14.3. The number of rotatable bonds is 5. The van der Waals surface area contributed by atoms with E-state index in [2.05, 4.69) is 19.9 Å². The zero-order valence-corrected chi connectivity index (χ0v) is 13.9. The molecule has 0 saturated heterocycles. The largest absolute Gasteiger partial charge is 0.408 e. The molecule has 148 valence electrons. The topological polar surface area (TPSA) is 75.6 Å². The average Bonchev–Trinajstić information content (AvgIpc) is 2.55. The van der Waals surface area contributed by atoms with Crippen LogP contribution in [0.5, 0.6) is 0 Å². The molecule has 13 heteroatoms. The van der Waals surface area contributed by atoms with Crippen molar-refractivity contribution in [3.8, 4) is 11.5 Å². The lowest BCUT2D eigenvalue weighted by molar-refractivity contribution is -0.139. The first-order chi connectivity index (χ1) is 14.3. The molecule has 0 saturated carbocycles. The predicted octanol–water partition coefficient (Wildman–Crippen LogP) is 4.31. The van der Waals surface area contributed by atoms with Crippen LogP contribution in [-0.2, 0) is 0 Å². The van der Waals surface area contributed by atoms with Gasteiger partial charge in [0, 0.05) is 4.11 Å². The van der Waals surface area contributed by atoms with Gasteiger partial charge in [0.25, 0.3) is 0 Å². The molecular formula is C14H13ClF6N6. The maximum Gasteiger partial charge on any atom is 0.408 e. The number of halogens is 7. The molecule has 0 amide bonds. The highest BCUT2D eigenvalue weighted by atomic mass is 35.5. The van der Waals surface area contributed by atoms with E-state index in [1.807, 2.05) is 0 Å². The third kappa shape index (κ3) is 5.81. The number of nitrogens with zero attached hydrogens (tertiary/aromatic N) is 4. The van der Waals surface area contributed by atoms with Crippen LogP contribution in [0, 0.1) is 0 Å². The third-order valence-corrected chi connectivity index (χ3v) is 3.03. The highest BCUT2D eigenvalue weighted by Crippen LogP contribution is 2.26. The summed E-state index contributed by atoms with van der Waals surface area (Å²) in [7, 11) is 0. The van der Waals surface area contributed by atoms with Gasteiger partial charge in [-0.1, -0.05) is 17.6 Å². The number of aromatic nitrogens is 4. The van der Waals surface area contributed by atoms with Gasteiger partial charge in [0.1, 0.15) is 22.9 Å². The summed E-state index contributed by atoms with van der Waals surface area (Å²) in [6.45, 7) is -3.23. The third-order valence-electron chi connectivity index (χ3n) is 2.84. The Labute approximate surface area is 161 Å². The van der Waals surface area contributed by atoms with Gasteiger partial charge in [0.2, 0.25) is 11.9 Å². The van der Waals surface area contributed by atoms with E-state index in [4.69, 9.17) is 18.5 Å². The number of hydrogen-bond acceptors (Lipinski definition) is 6. The first kappa shape index (κ1) is 14.7. The predicted molar refractivity (Wildman–Crippen MR) is 86.3 cm³/mol. The summed E-state index contributed by atoms with van der Waals surface area (Å²) >= 11 is 5.71. The van der Waals surface area contributed by atoms with Crippen molar-refractivity contribution < 1.29 is 33.2 Å². The number of anilines is 2. The molecule has 0 fully saturated rings. The van der Waals surface area contributed by atoms with Gasteiger partial charge in [-0.2, -0.15) is 41.3 Å². The Morgan fingerprint density at radius 3 is 2.19 bits per heavy atom. The molecule has 2 heterocycles. The molecular weight excluding hydrogens is 402 g/mol. The van der Waals surface area contributed by atoms with Crippen LogP contribution in [0.15, 0.2) is 18.2 Å². The van der Waals surface area contributed by atoms with Crippen LogP contribution in [0.1, 0.15) is 20.6 Å². The molecule has 2 rings (SSSR count). The van der Waals surface area contributed by atoms with E-state index in [0.717, 1.165) is 12.1 Å². The maximum atomic E-state index is 13.2. The molecule has 2 N–H and O–H groups in total. The second-order valence-electron chi connectivity index (χ2n) is 4.95. The number of nitrogens with one attached hydrogen (secondary N) is 2. The van der Waals surface area contributed by atoms with Crippen LogP contribution >= 0.6 is 11.6 Å². The van der Waals surface area contributed by atoms with Crippen LogP contribution in [0.4, 0.5) is 38.2 Å². The van der Waals surface area contributed by atoms with E-state index < -0.39 is 49.0 Å². The molecule has 2 unspecified atom stereocenters. The Hall–Kier alpha value is -2.37. The van der Waals surface area contributed by atoms with E-state index in [1.165, 1.54) is 5.32 Å². The molecule has 2 aromatic heterocycles. The number of hydrogen-bond donors (Lipinski definition) is 2. The fourth-order valence-corrected chi connectivity index (χ4v) is 1.70. The van der Waals surface area contributed by atoms with E-state index in [9.17, 15) is 26.3 Å². The highest BCUT2D eigenvalue weighted by Gasteiger charge is 2.38. The summed E-state index contributed by atoms with van der Waals surface area (Å²) in [6, 6.07) is -4.70. The van der Waals surface area contributed by atoms with E-state index in [-0.39, 0.29) is 16.9 Å². The van der Waals surface area contributed by atoms with Gasteiger partial charge < -0.3 is 10.6 Å². The van der Waals surface area contributed by atoms with Gasteiger partial charge >= 0.3 is 12.4 Å². The molecule has 0 aliphatic heterocycles. The fraction of sp³-hybridized carbons (Fsp3) is 0.429. The molecule has 0 spiro atoms. The van der Waals surface area contributed by atoms with E-state index >= 15 is 0 Å². The van der Waals surface area contributed by atoms with Crippen molar-refractivity contribution in [2.45, 2.75) is 38.2 Å². The second kappa shape index (κ2) is 7.71. The summed E-state index contributed by atoms with van der Waals surface area (Å²) in [5.74, 6) is -2.71. The van der Waals surface area contributed by atoms with Crippen LogP contribution in [-0.4, -0.2) is 44.3 Å². The van der Waals surface area contributed by atoms with Crippen molar-refractivity contribution in [2.75, 3.05) is 10.6 Å². The first-order valence-electron chi connectivity index (χ1n) is 9.38. The lowest BCUT2D eigenvalue weighted by atomic mass is 10.3. The Morgan fingerprint density at radius 1 is 1.04 bits per heavy atom. The van der Waals surface area contributed by atoms with Gasteiger partial charge in [-0.05, 0) is 25.9 Å². The monoisotopic (exact) mass is 419 g/mol. The SMILES string of the molecule is [2H]c1cc(Cl)nc(-c2nc(NC(C([2H])([2H])[2H])C(F)(F)F)nc(NC([2H])(C)C(F)(F)F)n2)c1. The average molecular weight is 420 g/mol. The van der Waals surface area contributed by atoms with E-state index in [0.29, 0.717) is 6.92 Å². The Kier molecular flexibility index (Phi) is 4.18. The fourth-order valence-electron chi connectivity index (χ4n) is 1.54. The van der Waals surface area contributed by atoms with Crippen molar-refractivity contribution in [1.29, 1.82) is 0 Å². The van der Waals surface area contributed by atoms with Crippen LogP contribution < -0.4 is 10.6 Å². The number of alkyl halides is 6. The number of pyridine rings is 1. The maximum absolute atomic E-state index is 13.2. The smallest absolute Gasteiger partial charge is 0.343 e. The van der Waals surface area contributed by atoms with E-state index in [1.54, 1.807) is 5.32 Å². The minimum atomic E-state index is -5.32. The van der Waals surface area contributed by atoms with Gasteiger partial charge in [0.05, 0.1) is 2.74 Å². The molecule has 0 aliphatic carbocycles. The van der Waals surface area contributed by atoms with Crippen LogP contribution in [0.25, 0.3) is 11.5 Å². The standard InChI is InChI=1S/C14H13ClF6N6/c1-6(13(16,17)18)22-11-25-10(8-4-3-5-9(15)24-8)26-12(27-11)23-7(2)14(19,20)21/h3-7H,1-2H3,(H2,22,23,25,26,27)/i1D3,3D,7D. The quantitative estimate of drug-likeness (QED) is 0.555. The van der Waals surface area contributed by atoms with Crippen LogP contribution in [0.2, 0.25) is 5.15 Å².